The van der Waals surface area contributed by atoms with Gasteiger partial charge < -0.3 is 90.1 Å². The molecule has 0 fully saturated rings. The third-order valence-electron chi connectivity index (χ3n) is 10.6. The monoisotopic (exact) mass is 1050 g/mol. The summed E-state index contributed by atoms with van der Waals surface area (Å²) in [4.78, 5) is 114. The van der Waals surface area contributed by atoms with Gasteiger partial charge >= 0.3 is 0 Å². The van der Waals surface area contributed by atoms with E-state index in [1.807, 2.05) is 0 Å². The summed E-state index contributed by atoms with van der Waals surface area (Å²) in [6.45, 7) is 4.05. The van der Waals surface area contributed by atoms with Crippen molar-refractivity contribution in [2.75, 3.05) is 107 Å². The van der Waals surface area contributed by atoms with Crippen molar-refractivity contribution in [1.82, 2.24) is 59.1 Å². The zero-order chi connectivity index (χ0) is 54.3. The largest absolute Gasteiger partial charge is 0.378 e. The fourth-order valence-electron chi connectivity index (χ4n) is 6.89. The molecular formula is C46H65N17O12. The molecule has 0 bridgehead atoms. The number of anilines is 4. The second-order valence-electron chi connectivity index (χ2n) is 16.5. The molecule has 0 atom stereocenters. The maximum Gasteiger partial charge on any atom is 0.291 e. The van der Waals surface area contributed by atoms with E-state index in [2.05, 4.69) is 57.5 Å². The average molecular weight is 1050 g/mol. The number of hydrogen-bond donors (Lipinski definition) is 9. The van der Waals surface area contributed by atoms with Crippen LogP contribution < -0.4 is 48.3 Å². The molecule has 5 rings (SSSR count). The number of imidazole rings is 3. The minimum atomic E-state index is -0.632. The van der Waals surface area contributed by atoms with Crippen molar-refractivity contribution < 1.29 is 57.3 Å². The molecule has 5 aromatic heterocycles. The SMILES string of the molecule is Cn1cc(NC(=O)c2nc(NC(=O)CCNC(=O)c3cc(NC(=O)c4nccn4C)cn3C)cn2C)cc1C(=O)NCCC(=O)Nc1cn(C)c(C(=O)NCCC(=O)NCCOCCOCCOCCOCCN)n1. The number of aryl methyl sites for hydroxylation is 5. The van der Waals surface area contributed by atoms with E-state index < -0.39 is 41.4 Å². The van der Waals surface area contributed by atoms with E-state index in [9.17, 15) is 38.4 Å². The summed E-state index contributed by atoms with van der Waals surface area (Å²) in [6.07, 6.45) is 8.88. The Bertz CT molecular complexity index is 2750. The van der Waals surface area contributed by atoms with Crippen LogP contribution in [0.5, 0.6) is 0 Å². The Hall–Kier alpha value is -8.25. The smallest absolute Gasteiger partial charge is 0.291 e. The third kappa shape index (κ3) is 18.6. The van der Waals surface area contributed by atoms with Crippen LogP contribution in [0.2, 0.25) is 0 Å². The van der Waals surface area contributed by atoms with Crippen LogP contribution in [-0.2, 0) is 68.6 Å². The van der Waals surface area contributed by atoms with Crippen LogP contribution in [0.3, 0.4) is 0 Å². The normalized spacial score (nSPS) is 11.0. The van der Waals surface area contributed by atoms with Crippen molar-refractivity contribution in [3.8, 4) is 0 Å². The third-order valence-corrected chi connectivity index (χ3v) is 10.6. The lowest BCUT2D eigenvalue weighted by Crippen LogP contribution is -2.33. The number of nitrogens with one attached hydrogen (secondary N) is 8. The van der Waals surface area contributed by atoms with Gasteiger partial charge in [-0.1, -0.05) is 0 Å². The second kappa shape index (κ2) is 29.4. The Balaban J connectivity index is 0.940. The van der Waals surface area contributed by atoms with Crippen molar-refractivity contribution in [3.63, 3.8) is 0 Å². The van der Waals surface area contributed by atoms with Gasteiger partial charge in [-0.15, -0.1) is 0 Å². The highest BCUT2D eigenvalue weighted by Crippen LogP contribution is 2.17. The van der Waals surface area contributed by atoms with Gasteiger partial charge in [0.15, 0.2) is 17.5 Å². The van der Waals surface area contributed by atoms with Gasteiger partial charge in [0.2, 0.25) is 29.4 Å². The first kappa shape index (κ1) is 57.6. The highest BCUT2D eigenvalue weighted by Gasteiger charge is 2.21. The van der Waals surface area contributed by atoms with Gasteiger partial charge in [0.1, 0.15) is 11.4 Å². The summed E-state index contributed by atoms with van der Waals surface area (Å²) < 4.78 is 28.8. The number of nitrogens with two attached hydrogens (primary N) is 1. The molecule has 0 aliphatic carbocycles. The molecule has 5 aromatic rings. The van der Waals surface area contributed by atoms with Gasteiger partial charge in [0.25, 0.3) is 29.5 Å². The number of amides is 8. The lowest BCUT2D eigenvalue weighted by atomic mass is 10.3. The Morgan fingerprint density at radius 2 is 0.880 bits per heavy atom. The van der Waals surface area contributed by atoms with E-state index in [4.69, 9.17) is 24.7 Å². The predicted octanol–water partition coefficient (Wildman–Crippen LogP) is -1.15. The first-order chi connectivity index (χ1) is 36.0. The highest BCUT2D eigenvalue weighted by atomic mass is 16.6. The van der Waals surface area contributed by atoms with Gasteiger partial charge in [0.05, 0.1) is 64.2 Å². The van der Waals surface area contributed by atoms with E-state index in [1.54, 1.807) is 52.2 Å². The van der Waals surface area contributed by atoms with Crippen molar-refractivity contribution in [2.24, 2.45) is 41.0 Å². The molecule has 5 heterocycles. The first-order valence-corrected chi connectivity index (χ1v) is 23.7. The summed E-state index contributed by atoms with van der Waals surface area (Å²) in [5.41, 5.74) is 6.42. The molecule has 0 aliphatic rings. The molecule has 406 valence electrons. The van der Waals surface area contributed by atoms with Crippen molar-refractivity contribution >= 4 is 70.3 Å². The summed E-state index contributed by atoms with van der Waals surface area (Å²) in [5.74, 6) is -3.52. The zero-order valence-corrected chi connectivity index (χ0v) is 42.5. The molecule has 10 N–H and O–H groups in total. The van der Waals surface area contributed by atoms with Gasteiger partial charge in [-0.3, -0.25) is 38.4 Å². The Morgan fingerprint density at radius 1 is 0.453 bits per heavy atom. The number of carbonyl (C=O) groups is 8. The van der Waals surface area contributed by atoms with Gasteiger partial charge in [-0.25, -0.2) is 15.0 Å². The first-order valence-electron chi connectivity index (χ1n) is 23.7. The van der Waals surface area contributed by atoms with Crippen molar-refractivity contribution in [3.05, 3.63) is 78.2 Å². The van der Waals surface area contributed by atoms with Gasteiger partial charge in [0, 0.05) is 124 Å². The quantitative estimate of drug-likeness (QED) is 0.0230. The van der Waals surface area contributed by atoms with Crippen LogP contribution in [0.4, 0.5) is 23.0 Å². The molecular weight excluding hydrogens is 983 g/mol. The fraction of sp³-hybridized carbons (Fsp3) is 0.457. The van der Waals surface area contributed by atoms with Crippen LogP contribution in [0.1, 0.15) is 72.1 Å². The average Bonchev–Trinajstić information content (AvgIpc) is 4.20. The van der Waals surface area contributed by atoms with E-state index in [0.29, 0.717) is 58.5 Å². The molecule has 75 heavy (non-hydrogen) atoms. The molecule has 0 unspecified atom stereocenters. The van der Waals surface area contributed by atoms with Crippen molar-refractivity contribution in [2.45, 2.75) is 19.3 Å². The summed E-state index contributed by atoms with van der Waals surface area (Å²) in [6, 6.07) is 2.94. The highest BCUT2D eigenvalue weighted by molar-refractivity contribution is 6.04. The Labute approximate surface area is 430 Å². The summed E-state index contributed by atoms with van der Waals surface area (Å²) >= 11 is 0. The molecule has 29 heteroatoms. The van der Waals surface area contributed by atoms with Gasteiger partial charge in [-0.2, -0.15) is 0 Å². The number of ether oxygens (including phenoxy) is 4. The van der Waals surface area contributed by atoms with E-state index in [0.717, 1.165) is 0 Å². The van der Waals surface area contributed by atoms with E-state index >= 15 is 0 Å². The molecule has 0 saturated carbocycles. The van der Waals surface area contributed by atoms with Crippen molar-refractivity contribution in [1.29, 1.82) is 0 Å². The minimum Gasteiger partial charge on any atom is -0.378 e. The molecule has 29 nitrogen and oxygen atoms in total. The fourth-order valence-corrected chi connectivity index (χ4v) is 6.89. The summed E-state index contributed by atoms with van der Waals surface area (Å²) in [7, 11) is 8.05. The van der Waals surface area contributed by atoms with Crippen LogP contribution in [0, 0.1) is 0 Å². The molecule has 0 aromatic carbocycles. The minimum absolute atomic E-state index is 0.00174. The molecule has 0 radical (unpaired) electrons. The lowest BCUT2D eigenvalue weighted by molar-refractivity contribution is -0.121. The molecule has 8 amide bonds. The van der Waals surface area contributed by atoms with Gasteiger partial charge in [-0.05, 0) is 12.1 Å². The Morgan fingerprint density at radius 3 is 1.35 bits per heavy atom. The lowest BCUT2D eigenvalue weighted by Gasteiger charge is -2.08. The topological polar surface area (TPSA) is 359 Å². The van der Waals surface area contributed by atoms with Crippen LogP contribution in [0.15, 0.2) is 49.3 Å². The standard InChI is InChI=1S/C46H65N17O12/c1-59-15-13-49-39(59)45(70)53-30-24-32(60(2)26-30)42(67)50-12-8-38(66)56-35-29-63(5)41(58-35)46(71)54-31-25-33(61(3)27-31)43(68)51-11-7-37(65)55-34-28-62(4)40(57-34)44(69)52-10-6-36(64)48-14-17-73-19-21-75-23-22-74-20-18-72-16-9-47/h13,15,24-29H,6-12,14,16-23,47H2,1-5H3,(H,48,64)(H,50,67)(H,51,68)(H,52,69)(H,53,70)(H,54,71)(H,55,65)(H,56,66). The zero-order valence-electron chi connectivity index (χ0n) is 42.5. The van der Waals surface area contributed by atoms with E-state index in [-0.39, 0.29) is 104 Å². The molecule has 0 spiro atoms. The number of carbonyl (C=O) groups excluding carboxylic acids is 8. The van der Waals surface area contributed by atoms with Crippen LogP contribution in [0.25, 0.3) is 0 Å². The number of hydrogen-bond acceptors (Lipinski definition) is 16. The predicted molar refractivity (Wildman–Crippen MR) is 270 cm³/mol. The van der Waals surface area contributed by atoms with Crippen LogP contribution in [-0.4, -0.2) is 171 Å². The molecule has 0 aliphatic heterocycles. The maximum atomic E-state index is 13.2. The molecule has 0 saturated heterocycles. The Kier molecular flexibility index (Phi) is 22.6. The van der Waals surface area contributed by atoms with Crippen LogP contribution >= 0.6 is 0 Å². The number of nitrogens with zero attached hydrogens (tertiary/aromatic N) is 8. The second-order valence-corrected chi connectivity index (χ2v) is 16.5. The number of aromatic nitrogens is 8. The maximum absolute atomic E-state index is 13.2. The number of rotatable bonds is 32. The van der Waals surface area contributed by atoms with E-state index in [1.165, 1.54) is 55.2 Å². The summed E-state index contributed by atoms with van der Waals surface area (Å²) in [5, 5.41) is 21.2.